The van der Waals surface area contributed by atoms with Crippen molar-refractivity contribution in [2.45, 2.75) is 18.9 Å². The predicted octanol–water partition coefficient (Wildman–Crippen LogP) is -0.423. The van der Waals surface area contributed by atoms with E-state index < -0.39 is 5.97 Å². The summed E-state index contributed by atoms with van der Waals surface area (Å²) in [5.74, 6) is -0.819. The summed E-state index contributed by atoms with van der Waals surface area (Å²) in [6.07, 6.45) is 1.67. The van der Waals surface area contributed by atoms with Crippen LogP contribution in [0.1, 0.15) is 12.8 Å². The third-order valence-electron chi connectivity index (χ3n) is 3.49. The Balaban J connectivity index is 1.77. The van der Waals surface area contributed by atoms with Gasteiger partial charge in [-0.3, -0.25) is 9.69 Å². The number of carboxylic acid groups (broad SMARTS) is 1. The van der Waals surface area contributed by atoms with Gasteiger partial charge in [0.2, 0.25) is 0 Å². The van der Waals surface area contributed by atoms with Gasteiger partial charge in [-0.15, -0.1) is 0 Å². The highest BCUT2D eigenvalue weighted by molar-refractivity contribution is 5.74. The zero-order valence-corrected chi connectivity index (χ0v) is 11.0. The number of carboxylic acids is 1. The first-order valence-corrected chi connectivity index (χ1v) is 6.72. The minimum atomic E-state index is -0.819. The van der Waals surface area contributed by atoms with Gasteiger partial charge >= 0.3 is 12.0 Å². The molecule has 0 aromatic heterocycles. The highest BCUT2D eigenvalue weighted by atomic mass is 16.5. The number of carbonyl (C=O) groups is 2. The summed E-state index contributed by atoms with van der Waals surface area (Å²) in [4.78, 5) is 26.4. The maximum Gasteiger partial charge on any atom is 0.317 e. The Labute approximate surface area is 112 Å². The van der Waals surface area contributed by atoms with E-state index in [1.807, 2.05) is 4.90 Å². The largest absolute Gasteiger partial charge is 0.480 e. The van der Waals surface area contributed by atoms with E-state index in [0.717, 1.165) is 19.4 Å². The summed E-state index contributed by atoms with van der Waals surface area (Å²) < 4.78 is 5.22. The SMILES string of the molecule is O=C(O)CN1CCCN(C(=O)NC2CCOC2)CC1. The number of ether oxygens (including phenoxy) is 1. The lowest BCUT2D eigenvalue weighted by Crippen LogP contribution is -2.46. The monoisotopic (exact) mass is 271 g/mol. The van der Waals surface area contributed by atoms with Gasteiger partial charge in [-0.25, -0.2) is 4.79 Å². The van der Waals surface area contributed by atoms with Crippen molar-refractivity contribution in [3.05, 3.63) is 0 Å². The highest BCUT2D eigenvalue weighted by Crippen LogP contribution is 2.07. The van der Waals surface area contributed by atoms with Gasteiger partial charge in [-0.2, -0.15) is 0 Å². The molecule has 0 spiro atoms. The molecule has 2 fully saturated rings. The number of rotatable bonds is 3. The molecule has 0 radical (unpaired) electrons. The highest BCUT2D eigenvalue weighted by Gasteiger charge is 2.23. The van der Waals surface area contributed by atoms with Gasteiger partial charge in [0.05, 0.1) is 19.2 Å². The lowest BCUT2D eigenvalue weighted by Gasteiger charge is -2.23. The molecule has 19 heavy (non-hydrogen) atoms. The van der Waals surface area contributed by atoms with Crippen molar-refractivity contribution in [1.29, 1.82) is 0 Å². The van der Waals surface area contributed by atoms with Gasteiger partial charge in [-0.1, -0.05) is 0 Å². The number of aliphatic carboxylic acids is 1. The first-order valence-electron chi connectivity index (χ1n) is 6.72. The maximum atomic E-state index is 12.1. The first-order chi connectivity index (χ1) is 9.15. The van der Waals surface area contributed by atoms with Crippen molar-refractivity contribution < 1.29 is 19.4 Å². The number of carbonyl (C=O) groups excluding carboxylic acids is 1. The molecule has 2 rings (SSSR count). The molecule has 2 aliphatic rings. The van der Waals surface area contributed by atoms with Crippen LogP contribution in [0.4, 0.5) is 4.79 Å². The summed E-state index contributed by atoms with van der Waals surface area (Å²) in [6, 6.07) is 0.0542. The van der Waals surface area contributed by atoms with Crippen LogP contribution < -0.4 is 5.32 Å². The molecule has 7 heteroatoms. The molecule has 0 saturated carbocycles. The Hall–Kier alpha value is -1.34. The molecule has 1 atom stereocenters. The fourth-order valence-electron chi connectivity index (χ4n) is 2.44. The number of urea groups is 1. The van der Waals surface area contributed by atoms with Gasteiger partial charge in [-0.05, 0) is 12.8 Å². The summed E-state index contributed by atoms with van der Waals surface area (Å²) in [7, 11) is 0. The molecule has 2 saturated heterocycles. The summed E-state index contributed by atoms with van der Waals surface area (Å²) >= 11 is 0. The fourth-order valence-corrected chi connectivity index (χ4v) is 2.44. The minimum Gasteiger partial charge on any atom is -0.480 e. The number of hydrogen-bond donors (Lipinski definition) is 2. The van der Waals surface area contributed by atoms with E-state index in [4.69, 9.17) is 9.84 Å². The van der Waals surface area contributed by atoms with Crippen molar-refractivity contribution in [2.75, 3.05) is 45.9 Å². The van der Waals surface area contributed by atoms with Crippen LogP contribution in [0.3, 0.4) is 0 Å². The maximum absolute atomic E-state index is 12.1. The van der Waals surface area contributed by atoms with Crippen LogP contribution >= 0.6 is 0 Å². The molecule has 0 aromatic rings. The number of amides is 2. The number of hydrogen-bond acceptors (Lipinski definition) is 4. The van der Waals surface area contributed by atoms with Crippen molar-refractivity contribution in [3.8, 4) is 0 Å². The zero-order chi connectivity index (χ0) is 13.7. The lowest BCUT2D eigenvalue weighted by atomic mass is 10.3. The second kappa shape index (κ2) is 6.72. The van der Waals surface area contributed by atoms with E-state index in [0.29, 0.717) is 32.8 Å². The standard InChI is InChI=1S/C12H21N3O4/c16-11(17)8-14-3-1-4-15(6-5-14)12(18)13-10-2-7-19-9-10/h10H,1-9H2,(H,13,18)(H,16,17). The third kappa shape index (κ3) is 4.36. The topological polar surface area (TPSA) is 82.1 Å². The van der Waals surface area contributed by atoms with E-state index >= 15 is 0 Å². The first kappa shape index (κ1) is 14.1. The molecule has 108 valence electrons. The van der Waals surface area contributed by atoms with Crippen LogP contribution in [-0.4, -0.2) is 78.9 Å². The molecule has 2 amide bonds. The average molecular weight is 271 g/mol. The van der Waals surface area contributed by atoms with Gasteiger partial charge < -0.3 is 20.1 Å². The molecule has 2 N–H and O–H groups in total. The average Bonchev–Trinajstić information content (AvgIpc) is 2.74. The Morgan fingerprint density at radius 1 is 1.26 bits per heavy atom. The molecule has 7 nitrogen and oxygen atoms in total. The van der Waals surface area contributed by atoms with Crippen molar-refractivity contribution in [1.82, 2.24) is 15.1 Å². The molecular weight excluding hydrogens is 250 g/mol. The van der Waals surface area contributed by atoms with E-state index in [-0.39, 0.29) is 18.6 Å². The number of nitrogens with zero attached hydrogens (tertiary/aromatic N) is 2. The second-order valence-corrected chi connectivity index (χ2v) is 5.02. The van der Waals surface area contributed by atoms with Crippen LogP contribution in [-0.2, 0) is 9.53 Å². The van der Waals surface area contributed by atoms with E-state index in [2.05, 4.69) is 5.32 Å². The van der Waals surface area contributed by atoms with Gasteiger partial charge in [0, 0.05) is 32.8 Å². The smallest absolute Gasteiger partial charge is 0.317 e. The Bertz CT molecular complexity index is 331. The second-order valence-electron chi connectivity index (χ2n) is 5.02. The van der Waals surface area contributed by atoms with Crippen molar-refractivity contribution in [2.24, 2.45) is 0 Å². The lowest BCUT2D eigenvalue weighted by molar-refractivity contribution is -0.138. The Kier molecular flexibility index (Phi) is 4.98. The third-order valence-corrected chi connectivity index (χ3v) is 3.49. The van der Waals surface area contributed by atoms with Gasteiger partial charge in [0.15, 0.2) is 0 Å². The summed E-state index contributed by atoms with van der Waals surface area (Å²) in [5, 5.41) is 11.7. The molecule has 1 unspecified atom stereocenters. The summed E-state index contributed by atoms with van der Waals surface area (Å²) in [6.45, 7) is 3.93. The quantitative estimate of drug-likeness (QED) is 0.728. The van der Waals surface area contributed by atoms with E-state index in [1.54, 1.807) is 4.90 Å². The molecule has 0 bridgehead atoms. The molecule has 0 aliphatic carbocycles. The fraction of sp³-hybridized carbons (Fsp3) is 0.833. The zero-order valence-electron chi connectivity index (χ0n) is 11.0. The normalized spacial score (nSPS) is 25.1. The van der Waals surface area contributed by atoms with Crippen LogP contribution in [0.15, 0.2) is 0 Å². The minimum absolute atomic E-state index is 0.0475. The van der Waals surface area contributed by atoms with Crippen LogP contribution in [0.5, 0.6) is 0 Å². The number of nitrogens with one attached hydrogen (secondary N) is 1. The van der Waals surface area contributed by atoms with Crippen molar-refractivity contribution >= 4 is 12.0 Å². The Morgan fingerprint density at radius 3 is 2.79 bits per heavy atom. The van der Waals surface area contributed by atoms with Crippen LogP contribution in [0, 0.1) is 0 Å². The Morgan fingerprint density at radius 2 is 2.11 bits per heavy atom. The van der Waals surface area contributed by atoms with Gasteiger partial charge in [0.1, 0.15) is 0 Å². The van der Waals surface area contributed by atoms with Crippen LogP contribution in [0.25, 0.3) is 0 Å². The van der Waals surface area contributed by atoms with Crippen LogP contribution in [0.2, 0.25) is 0 Å². The molecule has 0 aromatic carbocycles. The van der Waals surface area contributed by atoms with Crippen molar-refractivity contribution in [3.63, 3.8) is 0 Å². The predicted molar refractivity (Wildman–Crippen MR) is 68.0 cm³/mol. The molecule has 2 heterocycles. The summed E-state index contributed by atoms with van der Waals surface area (Å²) in [5.41, 5.74) is 0. The van der Waals surface area contributed by atoms with Gasteiger partial charge in [0.25, 0.3) is 0 Å². The molecular formula is C12H21N3O4. The molecule has 2 aliphatic heterocycles. The van der Waals surface area contributed by atoms with E-state index in [9.17, 15) is 9.59 Å². The van der Waals surface area contributed by atoms with E-state index in [1.165, 1.54) is 0 Å².